The predicted octanol–water partition coefficient (Wildman–Crippen LogP) is 4.57. The molecule has 0 spiro atoms. The van der Waals surface area contributed by atoms with Gasteiger partial charge in [0.15, 0.2) is 0 Å². The van der Waals surface area contributed by atoms with E-state index in [1.807, 2.05) is 6.20 Å². The van der Waals surface area contributed by atoms with E-state index in [4.69, 9.17) is 4.74 Å². The average molecular weight is 453 g/mol. The van der Waals surface area contributed by atoms with E-state index in [0.717, 1.165) is 17.9 Å². The smallest absolute Gasteiger partial charge is 0.0917 e. The van der Waals surface area contributed by atoms with Crippen LogP contribution in [0.3, 0.4) is 0 Å². The third-order valence-corrected chi connectivity index (χ3v) is 4.49. The van der Waals surface area contributed by atoms with Crippen LogP contribution in [0.5, 0.6) is 0 Å². The molecule has 0 amide bonds. The van der Waals surface area contributed by atoms with Gasteiger partial charge in [-0.15, -0.1) is 6.07 Å². The first-order chi connectivity index (χ1) is 8.77. The molecule has 1 aromatic rings. The molecule has 0 fully saturated rings. The maximum Gasteiger partial charge on any atom is 0.0917 e. The summed E-state index contributed by atoms with van der Waals surface area (Å²) in [6, 6.07) is 4.22. The van der Waals surface area contributed by atoms with Crippen molar-refractivity contribution in [2.24, 2.45) is 5.41 Å². The summed E-state index contributed by atoms with van der Waals surface area (Å²) in [6.07, 6.45) is 6.45. The van der Waals surface area contributed by atoms with Crippen LogP contribution in [0.15, 0.2) is 18.3 Å². The van der Waals surface area contributed by atoms with Gasteiger partial charge in [-0.25, -0.2) is 6.08 Å². The molecule has 0 saturated carbocycles. The van der Waals surface area contributed by atoms with Crippen LogP contribution < -0.4 is 0 Å². The first kappa shape index (κ1) is 17.4. The summed E-state index contributed by atoms with van der Waals surface area (Å²) in [5.41, 5.74) is 1.87. The molecule has 2 heterocycles. The number of hydrogen-bond acceptors (Lipinski definition) is 2. The standard InChI is InChI=1S/C17H24NO.Pt/c1-7-12(2)13-8-9-18-14(10-13)15-11-16(3,4)17(5,6)19-15;/h8-10,12H,7H2,1-6H3;/q-1;. The number of nitrogens with zero attached hydrogens (tertiary/aromatic N) is 1. The summed E-state index contributed by atoms with van der Waals surface area (Å²) >= 11 is 0. The van der Waals surface area contributed by atoms with E-state index in [9.17, 15) is 0 Å². The summed E-state index contributed by atoms with van der Waals surface area (Å²) in [5.74, 6) is 1.34. The molecule has 0 aromatic carbocycles. The molecule has 1 aliphatic rings. The Balaban J connectivity index is 0.00000200. The van der Waals surface area contributed by atoms with Crippen molar-refractivity contribution in [3.8, 4) is 0 Å². The van der Waals surface area contributed by atoms with Crippen molar-refractivity contribution in [3.05, 3.63) is 35.7 Å². The Bertz CT molecular complexity index is 505. The molecule has 114 valence electrons. The van der Waals surface area contributed by atoms with Crippen molar-refractivity contribution in [2.75, 3.05) is 0 Å². The summed E-state index contributed by atoms with van der Waals surface area (Å²) in [5, 5.41) is 0. The zero-order chi connectivity index (χ0) is 14.3. The van der Waals surface area contributed by atoms with Crippen LogP contribution in [0.1, 0.15) is 65.1 Å². The van der Waals surface area contributed by atoms with Gasteiger partial charge in [0.2, 0.25) is 0 Å². The molecule has 1 unspecified atom stereocenters. The van der Waals surface area contributed by atoms with Crippen molar-refractivity contribution < 1.29 is 25.8 Å². The first-order valence-corrected chi connectivity index (χ1v) is 7.07. The predicted molar refractivity (Wildman–Crippen MR) is 78.5 cm³/mol. The van der Waals surface area contributed by atoms with Crippen molar-refractivity contribution in [1.82, 2.24) is 4.98 Å². The van der Waals surface area contributed by atoms with E-state index < -0.39 is 0 Å². The minimum atomic E-state index is -0.240. The Labute approximate surface area is 137 Å². The van der Waals surface area contributed by atoms with E-state index in [0.29, 0.717) is 5.92 Å². The van der Waals surface area contributed by atoms with Crippen molar-refractivity contribution in [2.45, 2.75) is 59.5 Å². The molecule has 0 radical (unpaired) electrons. The second kappa shape index (κ2) is 6.01. The van der Waals surface area contributed by atoms with E-state index in [1.165, 1.54) is 5.56 Å². The Hall–Kier alpha value is -0.622. The fourth-order valence-corrected chi connectivity index (χ4v) is 2.07. The molecule has 1 aromatic heterocycles. The van der Waals surface area contributed by atoms with Gasteiger partial charge in [0, 0.05) is 27.3 Å². The number of hydrogen-bond donors (Lipinski definition) is 0. The average Bonchev–Trinajstić information content (AvgIpc) is 2.58. The summed E-state index contributed by atoms with van der Waals surface area (Å²) in [6.45, 7) is 12.9. The minimum absolute atomic E-state index is 0. The third-order valence-electron chi connectivity index (χ3n) is 4.49. The zero-order valence-corrected chi connectivity index (χ0v) is 15.5. The SMILES string of the molecule is CCC(C)c1ccnc(C2=[C-]C(C)(C)C(C)(C)O2)c1.[Pt]. The van der Waals surface area contributed by atoms with E-state index in [-0.39, 0.29) is 32.1 Å². The molecule has 1 atom stereocenters. The third kappa shape index (κ3) is 3.17. The molecule has 20 heavy (non-hydrogen) atoms. The Kier molecular flexibility index (Phi) is 5.24. The van der Waals surface area contributed by atoms with Crippen LogP contribution in [0.2, 0.25) is 0 Å². The van der Waals surface area contributed by atoms with Crippen LogP contribution in [-0.4, -0.2) is 10.6 Å². The second-order valence-corrected chi connectivity index (χ2v) is 6.48. The van der Waals surface area contributed by atoms with Gasteiger partial charge in [-0.3, -0.25) is 0 Å². The second-order valence-electron chi connectivity index (χ2n) is 6.48. The van der Waals surface area contributed by atoms with Gasteiger partial charge in [-0.2, -0.15) is 0 Å². The summed E-state index contributed by atoms with van der Waals surface area (Å²) in [7, 11) is 0. The fourth-order valence-electron chi connectivity index (χ4n) is 2.07. The molecule has 2 rings (SSSR count). The molecule has 0 saturated heterocycles. The number of ether oxygens (including phenoxy) is 1. The number of aromatic nitrogens is 1. The van der Waals surface area contributed by atoms with Gasteiger partial charge in [-0.1, -0.05) is 33.3 Å². The Morgan fingerprint density at radius 1 is 1.30 bits per heavy atom. The molecule has 0 N–H and O–H groups in total. The maximum absolute atomic E-state index is 6.06. The van der Waals surface area contributed by atoms with E-state index in [2.05, 4.69) is 64.7 Å². The molecule has 1 aliphatic heterocycles. The summed E-state index contributed by atoms with van der Waals surface area (Å²) < 4.78 is 6.06. The van der Waals surface area contributed by atoms with E-state index >= 15 is 0 Å². The monoisotopic (exact) mass is 453 g/mol. The van der Waals surface area contributed by atoms with Gasteiger partial charge >= 0.3 is 0 Å². The maximum atomic E-state index is 6.06. The van der Waals surface area contributed by atoms with Crippen LogP contribution in [-0.2, 0) is 25.8 Å². The molecular weight excluding hydrogens is 429 g/mol. The quantitative estimate of drug-likeness (QED) is 0.626. The van der Waals surface area contributed by atoms with Crippen molar-refractivity contribution >= 4 is 5.76 Å². The molecular formula is C17H24NOPt-. The summed E-state index contributed by atoms with van der Waals surface area (Å²) in [4.78, 5) is 4.44. The largest absolute Gasteiger partial charge is 0.525 e. The number of rotatable bonds is 3. The first-order valence-electron chi connectivity index (χ1n) is 7.07. The molecule has 0 aliphatic carbocycles. The van der Waals surface area contributed by atoms with Crippen LogP contribution >= 0.6 is 0 Å². The van der Waals surface area contributed by atoms with Gasteiger partial charge in [0.1, 0.15) is 0 Å². The topological polar surface area (TPSA) is 22.1 Å². The van der Waals surface area contributed by atoms with Crippen molar-refractivity contribution in [3.63, 3.8) is 0 Å². The van der Waals surface area contributed by atoms with Gasteiger partial charge in [-0.05, 0) is 49.1 Å². The molecule has 3 heteroatoms. The Morgan fingerprint density at radius 2 is 1.95 bits per heavy atom. The minimum Gasteiger partial charge on any atom is -0.525 e. The Morgan fingerprint density at radius 3 is 2.45 bits per heavy atom. The van der Waals surface area contributed by atoms with Gasteiger partial charge in [0.05, 0.1) is 5.60 Å². The van der Waals surface area contributed by atoms with Crippen molar-refractivity contribution in [1.29, 1.82) is 0 Å². The molecule has 2 nitrogen and oxygen atoms in total. The molecule has 0 bridgehead atoms. The zero-order valence-electron chi connectivity index (χ0n) is 13.2. The fraction of sp³-hybridized carbons (Fsp3) is 0.588. The van der Waals surface area contributed by atoms with Crippen LogP contribution in [0.4, 0.5) is 0 Å². The number of pyridine rings is 1. The van der Waals surface area contributed by atoms with Crippen LogP contribution in [0, 0.1) is 11.5 Å². The van der Waals surface area contributed by atoms with Gasteiger partial charge < -0.3 is 9.72 Å². The normalized spacial score (nSPS) is 20.6. The van der Waals surface area contributed by atoms with Crippen LogP contribution in [0.25, 0.3) is 5.76 Å². The van der Waals surface area contributed by atoms with E-state index in [1.54, 1.807) is 0 Å². The van der Waals surface area contributed by atoms with Gasteiger partial charge in [0.25, 0.3) is 0 Å².